The molecule has 4 rings (SSSR count). The van der Waals surface area contributed by atoms with Crippen molar-refractivity contribution in [3.05, 3.63) is 76.8 Å². The Hall–Kier alpha value is -3.38. The van der Waals surface area contributed by atoms with Crippen LogP contribution in [0.4, 0.5) is 5.69 Å². The average Bonchev–Trinajstić information content (AvgIpc) is 3.13. The summed E-state index contributed by atoms with van der Waals surface area (Å²) in [4.78, 5) is 43.2. The van der Waals surface area contributed by atoms with E-state index in [-0.39, 0.29) is 30.8 Å². The van der Waals surface area contributed by atoms with E-state index in [4.69, 9.17) is 11.6 Å². The molecule has 3 aromatic carbocycles. The maximum atomic E-state index is 13.7. The fourth-order valence-electron chi connectivity index (χ4n) is 4.57. The third kappa shape index (κ3) is 5.17. The van der Waals surface area contributed by atoms with E-state index in [1.54, 1.807) is 23.1 Å². The Kier molecular flexibility index (Phi) is 7.71. The van der Waals surface area contributed by atoms with Gasteiger partial charge in [-0.1, -0.05) is 68.3 Å². The lowest BCUT2D eigenvalue weighted by atomic mass is 10.1. The summed E-state index contributed by atoms with van der Waals surface area (Å²) in [6, 6.07) is 17.9. The fourth-order valence-corrected chi connectivity index (χ4v) is 4.70. The van der Waals surface area contributed by atoms with Gasteiger partial charge in [-0.25, -0.2) is 0 Å². The molecule has 182 valence electrons. The Morgan fingerprint density at radius 1 is 1.03 bits per heavy atom. The molecule has 0 aromatic heterocycles. The van der Waals surface area contributed by atoms with E-state index in [1.807, 2.05) is 49.4 Å². The SMILES string of the molecule is CCCCNC(=O)C(CC)N(Cc1ccc(Cl)cc1)C(=O)CN1C(=O)c2cccc3cccc1c23. The third-order valence-electron chi connectivity index (χ3n) is 6.42. The molecule has 0 bridgehead atoms. The summed E-state index contributed by atoms with van der Waals surface area (Å²) < 4.78 is 0. The van der Waals surface area contributed by atoms with Crippen LogP contribution in [0, 0.1) is 0 Å². The van der Waals surface area contributed by atoms with Crippen LogP contribution in [0.3, 0.4) is 0 Å². The van der Waals surface area contributed by atoms with Gasteiger partial charge in [-0.15, -0.1) is 0 Å². The van der Waals surface area contributed by atoms with Crippen LogP contribution in [0.2, 0.25) is 5.02 Å². The number of hydrogen-bond donors (Lipinski definition) is 1. The summed E-state index contributed by atoms with van der Waals surface area (Å²) in [7, 11) is 0. The number of amides is 3. The van der Waals surface area contributed by atoms with E-state index in [0.29, 0.717) is 23.6 Å². The molecule has 3 aromatic rings. The van der Waals surface area contributed by atoms with Gasteiger partial charge in [0.05, 0.1) is 5.69 Å². The lowest BCUT2D eigenvalue weighted by Gasteiger charge is -2.32. The molecule has 6 nitrogen and oxygen atoms in total. The quantitative estimate of drug-likeness (QED) is 0.397. The van der Waals surface area contributed by atoms with Gasteiger partial charge < -0.3 is 10.2 Å². The highest BCUT2D eigenvalue weighted by Crippen LogP contribution is 2.37. The Bertz CT molecular complexity index is 1240. The maximum Gasteiger partial charge on any atom is 0.259 e. The monoisotopic (exact) mass is 491 g/mol. The molecule has 1 aliphatic rings. The van der Waals surface area contributed by atoms with Crippen molar-refractivity contribution < 1.29 is 14.4 Å². The van der Waals surface area contributed by atoms with Crippen molar-refractivity contribution in [3.63, 3.8) is 0 Å². The summed E-state index contributed by atoms with van der Waals surface area (Å²) >= 11 is 6.05. The molecule has 1 atom stereocenters. The van der Waals surface area contributed by atoms with Gasteiger partial charge in [-0.2, -0.15) is 0 Å². The lowest BCUT2D eigenvalue weighted by molar-refractivity contribution is -0.140. The number of carbonyl (C=O) groups is 3. The lowest BCUT2D eigenvalue weighted by Crippen LogP contribution is -2.52. The van der Waals surface area contributed by atoms with Crippen molar-refractivity contribution in [2.24, 2.45) is 0 Å². The first-order valence-corrected chi connectivity index (χ1v) is 12.5. The highest BCUT2D eigenvalue weighted by molar-refractivity contribution is 6.30. The number of halogens is 1. The second-order valence-electron chi connectivity index (χ2n) is 8.79. The van der Waals surface area contributed by atoms with Gasteiger partial charge in [0.25, 0.3) is 5.91 Å². The van der Waals surface area contributed by atoms with Crippen LogP contribution in [0.25, 0.3) is 10.8 Å². The minimum absolute atomic E-state index is 0.140. The van der Waals surface area contributed by atoms with Crippen molar-refractivity contribution in [1.82, 2.24) is 10.2 Å². The number of rotatable bonds is 10. The highest BCUT2D eigenvalue weighted by Gasteiger charge is 2.35. The minimum atomic E-state index is -0.647. The fraction of sp³-hybridized carbons (Fsp3) is 0.321. The van der Waals surface area contributed by atoms with E-state index >= 15 is 0 Å². The first-order valence-electron chi connectivity index (χ1n) is 12.1. The largest absolute Gasteiger partial charge is 0.354 e. The molecule has 0 aliphatic carbocycles. The number of unbranched alkanes of at least 4 members (excludes halogenated alkanes) is 1. The molecule has 7 heteroatoms. The van der Waals surface area contributed by atoms with Gasteiger partial charge in [-0.3, -0.25) is 19.3 Å². The Morgan fingerprint density at radius 3 is 2.43 bits per heavy atom. The molecule has 1 aliphatic heterocycles. The van der Waals surface area contributed by atoms with E-state index in [0.717, 1.165) is 34.9 Å². The second kappa shape index (κ2) is 10.9. The molecule has 3 amide bonds. The van der Waals surface area contributed by atoms with Crippen molar-refractivity contribution in [3.8, 4) is 0 Å². The zero-order valence-electron chi connectivity index (χ0n) is 20.1. The van der Waals surface area contributed by atoms with Crippen molar-refractivity contribution >= 4 is 45.8 Å². The van der Waals surface area contributed by atoms with Crippen LogP contribution in [0.5, 0.6) is 0 Å². The number of benzene rings is 3. The molecular weight excluding hydrogens is 462 g/mol. The molecule has 1 heterocycles. The van der Waals surface area contributed by atoms with Crippen LogP contribution >= 0.6 is 11.6 Å². The van der Waals surface area contributed by atoms with E-state index < -0.39 is 6.04 Å². The van der Waals surface area contributed by atoms with E-state index in [9.17, 15) is 14.4 Å². The number of carbonyl (C=O) groups excluding carboxylic acids is 3. The zero-order valence-corrected chi connectivity index (χ0v) is 20.8. The normalized spacial score (nSPS) is 13.2. The predicted molar refractivity (Wildman–Crippen MR) is 140 cm³/mol. The van der Waals surface area contributed by atoms with E-state index in [2.05, 4.69) is 12.2 Å². The molecule has 1 unspecified atom stereocenters. The van der Waals surface area contributed by atoms with Crippen LogP contribution in [0.1, 0.15) is 49.0 Å². The number of nitrogens with one attached hydrogen (secondary N) is 1. The Morgan fingerprint density at radius 2 is 1.74 bits per heavy atom. The minimum Gasteiger partial charge on any atom is -0.354 e. The van der Waals surface area contributed by atoms with Gasteiger partial charge >= 0.3 is 0 Å². The number of anilines is 1. The first kappa shape index (κ1) is 24.7. The van der Waals surface area contributed by atoms with Crippen LogP contribution < -0.4 is 10.2 Å². The average molecular weight is 492 g/mol. The number of hydrogen-bond acceptors (Lipinski definition) is 3. The molecule has 0 fully saturated rings. The second-order valence-corrected chi connectivity index (χ2v) is 9.23. The van der Waals surface area contributed by atoms with Gasteiger partial charge in [0.1, 0.15) is 12.6 Å². The highest BCUT2D eigenvalue weighted by atomic mass is 35.5. The zero-order chi connectivity index (χ0) is 24.9. The van der Waals surface area contributed by atoms with Crippen molar-refractivity contribution in [2.75, 3.05) is 18.0 Å². The smallest absolute Gasteiger partial charge is 0.259 e. The van der Waals surface area contributed by atoms with Gasteiger partial charge in [-0.05, 0) is 48.1 Å². The van der Waals surface area contributed by atoms with Crippen LogP contribution in [-0.2, 0) is 16.1 Å². The van der Waals surface area contributed by atoms with Gasteiger partial charge in [0.2, 0.25) is 11.8 Å². The van der Waals surface area contributed by atoms with Crippen LogP contribution in [0.15, 0.2) is 60.7 Å². The van der Waals surface area contributed by atoms with Crippen molar-refractivity contribution in [2.45, 2.75) is 45.7 Å². The Balaban J connectivity index is 1.62. The van der Waals surface area contributed by atoms with Crippen LogP contribution in [-0.4, -0.2) is 41.8 Å². The Labute approximate surface area is 210 Å². The molecular formula is C28H30ClN3O3. The topological polar surface area (TPSA) is 69.7 Å². The maximum absolute atomic E-state index is 13.7. The summed E-state index contributed by atoms with van der Waals surface area (Å²) in [6.45, 7) is 4.62. The first-order chi connectivity index (χ1) is 16.9. The van der Waals surface area contributed by atoms with Gasteiger partial charge in [0.15, 0.2) is 0 Å². The summed E-state index contributed by atoms with van der Waals surface area (Å²) in [5.41, 5.74) is 2.18. The van der Waals surface area contributed by atoms with Crippen molar-refractivity contribution in [1.29, 1.82) is 0 Å². The molecule has 1 N–H and O–H groups in total. The standard InChI is InChI=1S/C28H30ClN3O3/c1-3-5-16-30-27(34)23(4-2)31(17-19-12-14-21(29)15-13-19)25(33)18-32-24-11-7-9-20-8-6-10-22(26(20)24)28(32)35/h6-15,23H,3-5,16-18H2,1-2H3,(H,30,34). The number of nitrogens with zero attached hydrogens (tertiary/aromatic N) is 2. The molecule has 35 heavy (non-hydrogen) atoms. The molecule has 0 radical (unpaired) electrons. The summed E-state index contributed by atoms with van der Waals surface area (Å²) in [6.07, 6.45) is 2.30. The summed E-state index contributed by atoms with van der Waals surface area (Å²) in [5.74, 6) is -0.658. The molecule has 0 saturated heterocycles. The molecule has 0 spiro atoms. The predicted octanol–water partition coefficient (Wildman–Crippen LogP) is 5.18. The molecule has 0 saturated carbocycles. The van der Waals surface area contributed by atoms with E-state index in [1.165, 1.54) is 4.90 Å². The van der Waals surface area contributed by atoms with Gasteiger partial charge in [0, 0.05) is 29.1 Å². The third-order valence-corrected chi connectivity index (χ3v) is 6.68. The summed E-state index contributed by atoms with van der Waals surface area (Å²) in [5, 5.41) is 5.39.